The topological polar surface area (TPSA) is 96.4 Å². The molecule has 0 spiro atoms. The van der Waals surface area contributed by atoms with E-state index in [0.717, 1.165) is 10.8 Å². The number of hydrogen-bond acceptors (Lipinski definition) is 6. The normalized spacial score (nSPS) is 22.4. The van der Waals surface area contributed by atoms with Crippen LogP contribution in [0, 0.1) is 11.8 Å². The lowest BCUT2D eigenvalue weighted by Gasteiger charge is -2.45. The lowest BCUT2D eigenvalue weighted by atomic mass is 9.96. The molecule has 1 saturated heterocycles. The van der Waals surface area contributed by atoms with Gasteiger partial charge in [-0.05, 0) is 65.6 Å². The predicted molar refractivity (Wildman–Crippen MR) is 117 cm³/mol. The molecule has 0 bridgehead atoms. The smallest absolute Gasteiger partial charge is 0.325 e. The van der Waals surface area contributed by atoms with Crippen LogP contribution in [0.3, 0.4) is 0 Å². The summed E-state index contributed by atoms with van der Waals surface area (Å²) in [4.78, 5) is 14.0. The Morgan fingerprint density at radius 3 is 2.55 bits per heavy atom. The van der Waals surface area contributed by atoms with Crippen LogP contribution in [0.5, 0.6) is 5.75 Å². The Balaban J connectivity index is 2.15. The van der Waals surface area contributed by atoms with Crippen LogP contribution in [0.15, 0.2) is 29.2 Å². The molecule has 1 heterocycles. The highest BCUT2D eigenvalue weighted by Crippen LogP contribution is 2.33. The molecule has 1 aromatic rings. The summed E-state index contributed by atoms with van der Waals surface area (Å²) in [6.07, 6.45) is -0.435. The molecule has 31 heavy (non-hydrogen) atoms. The predicted octanol–water partition coefficient (Wildman–Crippen LogP) is 2.05. The molecule has 0 aliphatic carbocycles. The van der Waals surface area contributed by atoms with Gasteiger partial charge >= 0.3 is 5.97 Å². The standard InChI is InChI=1S/C22H32N2O6S/c1-7-23(6)16(2)9-8-14-29-18-10-12-19(13-11-18)31(27,28)24-15-17(3)30-22(4,5)20(24)21(25)26/h10-13,16-17,20H,7,14-15H2,1-6H3,(H,25,26). The van der Waals surface area contributed by atoms with Crippen molar-refractivity contribution in [2.45, 2.75) is 63.3 Å². The third kappa shape index (κ3) is 5.98. The SMILES string of the molecule is CCN(C)C(C)C#CCOc1ccc(S(=O)(=O)N2CC(C)OC(C)(C)C2C(=O)O)cc1. The van der Waals surface area contributed by atoms with E-state index in [0.29, 0.717) is 5.75 Å². The maximum Gasteiger partial charge on any atom is 0.325 e. The fourth-order valence-electron chi connectivity index (χ4n) is 3.52. The number of carbonyl (C=O) groups is 1. The summed E-state index contributed by atoms with van der Waals surface area (Å²) in [6, 6.07) is 4.70. The monoisotopic (exact) mass is 452 g/mol. The van der Waals surface area contributed by atoms with Gasteiger partial charge in [-0.15, -0.1) is 0 Å². The second-order valence-electron chi connectivity index (χ2n) is 8.18. The van der Waals surface area contributed by atoms with Crippen LogP contribution in [-0.4, -0.2) is 79.2 Å². The highest BCUT2D eigenvalue weighted by molar-refractivity contribution is 7.89. The first-order valence-corrected chi connectivity index (χ1v) is 11.7. The number of nitrogens with zero attached hydrogens (tertiary/aromatic N) is 2. The van der Waals surface area contributed by atoms with Crippen LogP contribution >= 0.6 is 0 Å². The number of ether oxygens (including phenoxy) is 2. The molecule has 3 atom stereocenters. The Morgan fingerprint density at radius 2 is 2.00 bits per heavy atom. The van der Waals surface area contributed by atoms with Crippen molar-refractivity contribution in [1.82, 2.24) is 9.21 Å². The minimum absolute atomic E-state index is 0.000256. The Kier molecular flexibility index (Phi) is 8.11. The van der Waals surface area contributed by atoms with E-state index >= 15 is 0 Å². The van der Waals surface area contributed by atoms with Gasteiger partial charge in [0.05, 0.1) is 22.6 Å². The van der Waals surface area contributed by atoms with Crippen molar-refractivity contribution in [1.29, 1.82) is 0 Å². The molecule has 3 unspecified atom stereocenters. The van der Waals surface area contributed by atoms with Crippen molar-refractivity contribution in [3.05, 3.63) is 24.3 Å². The lowest BCUT2D eigenvalue weighted by Crippen LogP contribution is -2.63. The Bertz CT molecular complexity index is 933. The molecule has 2 rings (SSSR count). The fraction of sp³-hybridized carbons (Fsp3) is 0.591. The van der Waals surface area contributed by atoms with Crippen LogP contribution in [0.1, 0.15) is 34.6 Å². The third-order valence-electron chi connectivity index (χ3n) is 5.33. The minimum atomic E-state index is -4.04. The van der Waals surface area contributed by atoms with E-state index in [-0.39, 0.29) is 24.1 Å². The molecule has 1 aliphatic rings. The highest BCUT2D eigenvalue weighted by atomic mass is 32.2. The molecular formula is C22H32N2O6S. The van der Waals surface area contributed by atoms with Gasteiger partial charge in [0.2, 0.25) is 10.0 Å². The van der Waals surface area contributed by atoms with Crippen molar-refractivity contribution in [3.63, 3.8) is 0 Å². The Labute approximate surface area is 185 Å². The van der Waals surface area contributed by atoms with Crippen LogP contribution in [-0.2, 0) is 19.6 Å². The molecule has 0 saturated carbocycles. The van der Waals surface area contributed by atoms with E-state index in [4.69, 9.17) is 9.47 Å². The molecule has 1 aromatic carbocycles. The summed E-state index contributed by atoms with van der Waals surface area (Å²) in [7, 11) is -2.05. The van der Waals surface area contributed by atoms with Gasteiger partial charge in [0.1, 0.15) is 12.4 Å². The highest BCUT2D eigenvalue weighted by Gasteiger charge is 2.50. The second kappa shape index (κ2) is 10.0. The maximum absolute atomic E-state index is 13.2. The van der Waals surface area contributed by atoms with Crippen LogP contribution in [0.2, 0.25) is 0 Å². The Morgan fingerprint density at radius 1 is 1.39 bits per heavy atom. The summed E-state index contributed by atoms with van der Waals surface area (Å²) in [6.45, 7) is 10.00. The molecule has 0 amide bonds. The van der Waals surface area contributed by atoms with Crippen LogP contribution < -0.4 is 4.74 Å². The summed E-state index contributed by atoms with van der Waals surface area (Å²) in [5.74, 6) is 5.28. The average Bonchev–Trinajstić information content (AvgIpc) is 2.68. The van der Waals surface area contributed by atoms with E-state index < -0.39 is 33.7 Å². The number of rotatable bonds is 7. The van der Waals surface area contributed by atoms with E-state index in [9.17, 15) is 18.3 Å². The third-order valence-corrected chi connectivity index (χ3v) is 7.18. The lowest BCUT2D eigenvalue weighted by molar-refractivity contribution is -0.174. The summed E-state index contributed by atoms with van der Waals surface area (Å²) < 4.78 is 38.7. The maximum atomic E-state index is 13.2. The number of morpholine rings is 1. The molecule has 9 heteroatoms. The van der Waals surface area contributed by atoms with Gasteiger partial charge in [0.15, 0.2) is 6.04 Å². The molecule has 1 aliphatic heterocycles. The molecule has 0 radical (unpaired) electrons. The molecule has 1 N–H and O–H groups in total. The van der Waals surface area contributed by atoms with Gasteiger partial charge in [-0.2, -0.15) is 4.31 Å². The first kappa shape index (κ1) is 25.1. The first-order chi connectivity index (χ1) is 14.4. The molecule has 0 aromatic heterocycles. The number of carboxylic acids is 1. The first-order valence-electron chi connectivity index (χ1n) is 10.2. The summed E-state index contributed by atoms with van der Waals surface area (Å²) in [5.41, 5.74) is -1.17. The largest absolute Gasteiger partial charge is 0.481 e. The van der Waals surface area contributed by atoms with E-state index in [1.807, 2.05) is 14.0 Å². The van der Waals surface area contributed by atoms with Crippen molar-refractivity contribution in [3.8, 4) is 17.6 Å². The van der Waals surface area contributed by atoms with E-state index in [2.05, 4.69) is 23.7 Å². The Hall–Kier alpha value is -2.12. The quantitative estimate of drug-likeness (QED) is 0.633. The van der Waals surface area contributed by atoms with Crippen LogP contribution in [0.25, 0.3) is 0 Å². The van der Waals surface area contributed by atoms with Crippen molar-refractivity contribution < 1.29 is 27.8 Å². The molecular weight excluding hydrogens is 420 g/mol. The average molecular weight is 453 g/mol. The second-order valence-corrected chi connectivity index (χ2v) is 10.1. The van der Waals surface area contributed by atoms with Gasteiger partial charge in [0, 0.05) is 6.54 Å². The van der Waals surface area contributed by atoms with Gasteiger partial charge in [-0.25, -0.2) is 8.42 Å². The van der Waals surface area contributed by atoms with Gasteiger partial charge in [-0.3, -0.25) is 9.69 Å². The van der Waals surface area contributed by atoms with Gasteiger partial charge < -0.3 is 14.6 Å². The van der Waals surface area contributed by atoms with Crippen molar-refractivity contribution >= 4 is 16.0 Å². The molecule has 172 valence electrons. The van der Waals surface area contributed by atoms with E-state index in [1.165, 1.54) is 12.1 Å². The summed E-state index contributed by atoms with van der Waals surface area (Å²) >= 11 is 0. The minimum Gasteiger partial charge on any atom is -0.481 e. The van der Waals surface area contributed by atoms with Gasteiger partial charge in [-0.1, -0.05) is 18.8 Å². The number of carboxylic acid groups (broad SMARTS) is 1. The van der Waals surface area contributed by atoms with E-state index in [1.54, 1.807) is 32.9 Å². The van der Waals surface area contributed by atoms with Gasteiger partial charge in [0.25, 0.3) is 0 Å². The number of sulfonamides is 1. The summed E-state index contributed by atoms with van der Waals surface area (Å²) in [5, 5.41) is 9.67. The molecule has 1 fully saturated rings. The van der Waals surface area contributed by atoms with Crippen LogP contribution in [0.4, 0.5) is 0 Å². The van der Waals surface area contributed by atoms with Crippen molar-refractivity contribution in [2.75, 3.05) is 26.7 Å². The zero-order chi connectivity index (χ0) is 23.4. The number of hydrogen-bond donors (Lipinski definition) is 1. The number of aliphatic carboxylic acids is 1. The number of benzene rings is 1. The zero-order valence-electron chi connectivity index (χ0n) is 19.0. The molecule has 8 nitrogen and oxygen atoms in total. The fourth-order valence-corrected chi connectivity index (χ4v) is 5.30. The zero-order valence-corrected chi connectivity index (χ0v) is 19.8. The van der Waals surface area contributed by atoms with Crippen molar-refractivity contribution in [2.24, 2.45) is 0 Å².